The molecule has 1 saturated heterocycles. The zero-order chi connectivity index (χ0) is 15.1. The minimum absolute atomic E-state index is 0.0503. The topological polar surface area (TPSA) is 90.0 Å². The van der Waals surface area contributed by atoms with E-state index in [1.54, 1.807) is 4.90 Å². The van der Waals surface area contributed by atoms with Crippen molar-refractivity contribution >= 4 is 17.9 Å². The highest BCUT2D eigenvalue weighted by atomic mass is 16.4. The van der Waals surface area contributed by atoms with E-state index in [1.807, 2.05) is 14.0 Å². The lowest BCUT2D eigenvalue weighted by Gasteiger charge is -2.27. The van der Waals surface area contributed by atoms with Crippen molar-refractivity contribution in [3.8, 4) is 0 Å². The zero-order valence-electron chi connectivity index (χ0n) is 12.1. The summed E-state index contributed by atoms with van der Waals surface area (Å²) >= 11 is 0. The van der Waals surface area contributed by atoms with E-state index in [2.05, 4.69) is 10.2 Å². The average molecular weight is 285 g/mol. The van der Waals surface area contributed by atoms with Crippen molar-refractivity contribution in [1.29, 1.82) is 0 Å². The fourth-order valence-corrected chi connectivity index (χ4v) is 2.33. The zero-order valence-corrected chi connectivity index (χ0v) is 12.1. The van der Waals surface area contributed by atoms with Gasteiger partial charge in [0.25, 0.3) is 0 Å². The van der Waals surface area contributed by atoms with Crippen LogP contribution in [0.4, 0.5) is 4.79 Å². The van der Waals surface area contributed by atoms with Crippen molar-refractivity contribution in [2.24, 2.45) is 0 Å². The molecule has 0 aromatic heterocycles. The van der Waals surface area contributed by atoms with E-state index in [4.69, 9.17) is 5.11 Å². The van der Waals surface area contributed by atoms with Crippen LogP contribution in [0.5, 0.6) is 0 Å². The van der Waals surface area contributed by atoms with Gasteiger partial charge in [-0.05, 0) is 33.4 Å². The molecular formula is C13H23N3O4. The standard InChI is InChI=1S/C13H23N3O4/c1-10-9-15(2)7-4-8-16(10)13(20)14-11(17)5-3-6-12(18)19/h10H,3-9H2,1-2H3,(H,18,19)(H,14,17,20). The summed E-state index contributed by atoms with van der Waals surface area (Å²) in [6.45, 7) is 4.29. The first-order valence-corrected chi connectivity index (χ1v) is 6.91. The van der Waals surface area contributed by atoms with Gasteiger partial charge in [-0.1, -0.05) is 0 Å². The fraction of sp³-hybridized carbons (Fsp3) is 0.769. The van der Waals surface area contributed by atoms with Crippen LogP contribution in [0, 0.1) is 0 Å². The highest BCUT2D eigenvalue weighted by Gasteiger charge is 2.24. The number of imide groups is 1. The molecule has 0 radical (unpaired) electrons. The molecule has 1 aliphatic rings. The third-order valence-electron chi connectivity index (χ3n) is 3.35. The number of rotatable bonds is 4. The molecule has 0 aliphatic carbocycles. The van der Waals surface area contributed by atoms with Gasteiger partial charge >= 0.3 is 12.0 Å². The molecule has 0 aromatic carbocycles. The largest absolute Gasteiger partial charge is 0.481 e. The smallest absolute Gasteiger partial charge is 0.324 e. The lowest BCUT2D eigenvalue weighted by molar-refractivity contribution is -0.137. The highest BCUT2D eigenvalue weighted by molar-refractivity contribution is 5.94. The van der Waals surface area contributed by atoms with Crippen LogP contribution in [0.3, 0.4) is 0 Å². The fourth-order valence-electron chi connectivity index (χ4n) is 2.33. The summed E-state index contributed by atoms with van der Waals surface area (Å²) in [7, 11) is 2.01. The molecule has 7 nitrogen and oxygen atoms in total. The summed E-state index contributed by atoms with van der Waals surface area (Å²) in [5.74, 6) is -1.35. The molecule has 0 spiro atoms. The SMILES string of the molecule is CC1CN(C)CCCN1C(=O)NC(=O)CCCC(=O)O. The van der Waals surface area contributed by atoms with E-state index in [0.717, 1.165) is 19.5 Å². The van der Waals surface area contributed by atoms with Crippen LogP contribution in [0.25, 0.3) is 0 Å². The van der Waals surface area contributed by atoms with Crippen LogP contribution in [0.2, 0.25) is 0 Å². The second-order valence-electron chi connectivity index (χ2n) is 5.26. The van der Waals surface area contributed by atoms with Crippen LogP contribution >= 0.6 is 0 Å². The Morgan fingerprint density at radius 1 is 1.25 bits per heavy atom. The van der Waals surface area contributed by atoms with Gasteiger partial charge in [-0.3, -0.25) is 14.9 Å². The van der Waals surface area contributed by atoms with Gasteiger partial charge in [0.1, 0.15) is 0 Å². The number of nitrogens with zero attached hydrogens (tertiary/aromatic N) is 2. The molecule has 1 atom stereocenters. The minimum Gasteiger partial charge on any atom is -0.481 e. The lowest BCUT2D eigenvalue weighted by Crippen LogP contribution is -2.48. The van der Waals surface area contributed by atoms with E-state index in [1.165, 1.54) is 0 Å². The number of nitrogens with one attached hydrogen (secondary N) is 1. The third-order valence-corrected chi connectivity index (χ3v) is 3.35. The van der Waals surface area contributed by atoms with Crippen molar-refractivity contribution < 1.29 is 19.5 Å². The molecule has 0 aromatic rings. The first-order chi connectivity index (χ1) is 9.40. The Morgan fingerprint density at radius 2 is 1.95 bits per heavy atom. The van der Waals surface area contributed by atoms with Crippen molar-refractivity contribution in [1.82, 2.24) is 15.1 Å². The summed E-state index contributed by atoms with van der Waals surface area (Å²) < 4.78 is 0. The van der Waals surface area contributed by atoms with Gasteiger partial charge in [0.15, 0.2) is 0 Å². The van der Waals surface area contributed by atoms with E-state index in [0.29, 0.717) is 6.54 Å². The minimum atomic E-state index is -0.937. The Hall–Kier alpha value is -1.63. The molecular weight excluding hydrogens is 262 g/mol. The third kappa shape index (κ3) is 5.56. The number of urea groups is 1. The van der Waals surface area contributed by atoms with Crippen molar-refractivity contribution in [2.75, 3.05) is 26.7 Å². The van der Waals surface area contributed by atoms with Crippen molar-refractivity contribution in [2.45, 2.75) is 38.6 Å². The Kier molecular flexibility index (Phi) is 6.44. The first-order valence-electron chi connectivity index (χ1n) is 6.91. The first kappa shape index (κ1) is 16.4. The van der Waals surface area contributed by atoms with Crippen molar-refractivity contribution in [3.63, 3.8) is 0 Å². The number of carboxylic acid groups (broad SMARTS) is 1. The summed E-state index contributed by atoms with van der Waals surface area (Å²) in [4.78, 5) is 37.8. The maximum atomic E-state index is 12.0. The summed E-state index contributed by atoms with van der Waals surface area (Å²) in [6, 6.07) is -0.331. The predicted octanol–water partition coefficient (Wildman–Crippen LogP) is 0.504. The van der Waals surface area contributed by atoms with Gasteiger partial charge in [0.2, 0.25) is 5.91 Å². The second-order valence-corrected chi connectivity index (χ2v) is 5.26. The Morgan fingerprint density at radius 3 is 2.60 bits per heavy atom. The molecule has 0 saturated carbocycles. The van der Waals surface area contributed by atoms with E-state index < -0.39 is 11.9 Å². The summed E-state index contributed by atoms with van der Waals surface area (Å²) in [5.41, 5.74) is 0. The number of aliphatic carboxylic acids is 1. The number of carbonyl (C=O) groups excluding carboxylic acids is 2. The van der Waals surface area contributed by atoms with Crippen LogP contribution in [0.1, 0.15) is 32.6 Å². The number of amides is 3. The number of hydrogen-bond acceptors (Lipinski definition) is 4. The molecule has 20 heavy (non-hydrogen) atoms. The lowest BCUT2D eigenvalue weighted by atomic mass is 10.2. The quantitative estimate of drug-likeness (QED) is 0.785. The number of hydrogen-bond donors (Lipinski definition) is 2. The molecule has 3 amide bonds. The van der Waals surface area contributed by atoms with Gasteiger partial charge in [0, 0.05) is 32.0 Å². The molecule has 2 N–H and O–H groups in total. The van der Waals surface area contributed by atoms with E-state index in [9.17, 15) is 14.4 Å². The van der Waals surface area contributed by atoms with Gasteiger partial charge in [-0.2, -0.15) is 0 Å². The maximum absolute atomic E-state index is 12.0. The molecule has 1 rings (SSSR count). The van der Waals surface area contributed by atoms with Gasteiger partial charge in [0.05, 0.1) is 0 Å². The van der Waals surface area contributed by atoms with Gasteiger partial charge < -0.3 is 14.9 Å². The highest BCUT2D eigenvalue weighted by Crippen LogP contribution is 2.08. The molecule has 1 unspecified atom stereocenters. The molecule has 0 bridgehead atoms. The van der Waals surface area contributed by atoms with Gasteiger partial charge in [-0.25, -0.2) is 4.79 Å². The molecule has 1 fully saturated rings. The Bertz CT molecular complexity index is 373. The van der Waals surface area contributed by atoms with E-state index >= 15 is 0 Å². The average Bonchev–Trinajstić information content (AvgIpc) is 2.49. The predicted molar refractivity (Wildman–Crippen MR) is 73.3 cm³/mol. The summed E-state index contributed by atoms with van der Waals surface area (Å²) in [5, 5.41) is 10.8. The second kappa shape index (κ2) is 7.84. The van der Waals surface area contributed by atoms with Crippen LogP contribution < -0.4 is 5.32 Å². The Labute approximate surface area is 118 Å². The monoisotopic (exact) mass is 285 g/mol. The normalized spacial score (nSPS) is 20.3. The molecule has 1 heterocycles. The van der Waals surface area contributed by atoms with Crippen LogP contribution in [-0.2, 0) is 9.59 Å². The van der Waals surface area contributed by atoms with E-state index in [-0.39, 0.29) is 31.3 Å². The van der Waals surface area contributed by atoms with Gasteiger partial charge in [-0.15, -0.1) is 0 Å². The van der Waals surface area contributed by atoms with Crippen LogP contribution in [-0.4, -0.2) is 65.5 Å². The number of likely N-dealkylation sites (N-methyl/N-ethyl adjacent to an activating group) is 1. The molecule has 7 heteroatoms. The maximum Gasteiger partial charge on any atom is 0.324 e. The van der Waals surface area contributed by atoms with Crippen LogP contribution in [0.15, 0.2) is 0 Å². The molecule has 114 valence electrons. The number of carboxylic acids is 1. The van der Waals surface area contributed by atoms with Crippen molar-refractivity contribution in [3.05, 3.63) is 0 Å². The Balaban J connectivity index is 2.40. The number of carbonyl (C=O) groups is 3. The summed E-state index contributed by atoms with van der Waals surface area (Å²) in [6.07, 6.45) is 1.11. The molecule has 1 aliphatic heterocycles.